The molecular weight excluding hydrogens is 351 g/mol. The van der Waals surface area contributed by atoms with E-state index in [0.717, 1.165) is 20.5 Å². The number of aryl methyl sites for hydroxylation is 1. The third-order valence-corrected chi connectivity index (χ3v) is 5.61. The van der Waals surface area contributed by atoms with Gasteiger partial charge in [0, 0.05) is 24.5 Å². The standard InChI is InChI=1S/C15H17FN4O4S/c1-3-19-12(22)10-8(2)9(25-14(10)20(7-16)15(19)24)6-18-5-4-17-11(21)13(18)23/h3-7H2,1-2H3,(H,17,21). The van der Waals surface area contributed by atoms with Crippen molar-refractivity contribution in [2.45, 2.75) is 33.7 Å². The van der Waals surface area contributed by atoms with Gasteiger partial charge in [0.05, 0.1) is 11.9 Å². The molecule has 1 aliphatic rings. The summed E-state index contributed by atoms with van der Waals surface area (Å²) in [5.41, 5.74) is -0.549. The molecule has 1 aliphatic heterocycles. The number of nitrogens with zero attached hydrogens (tertiary/aromatic N) is 3. The zero-order valence-corrected chi connectivity index (χ0v) is 14.6. The molecule has 2 aromatic rings. The molecule has 0 unspecified atom stereocenters. The second-order valence-corrected chi connectivity index (χ2v) is 6.78. The quantitative estimate of drug-likeness (QED) is 0.765. The molecule has 3 rings (SSSR count). The molecule has 25 heavy (non-hydrogen) atoms. The zero-order valence-electron chi connectivity index (χ0n) is 13.8. The van der Waals surface area contributed by atoms with E-state index in [4.69, 9.17) is 0 Å². The van der Waals surface area contributed by atoms with Gasteiger partial charge in [-0.1, -0.05) is 0 Å². The topological polar surface area (TPSA) is 93.4 Å². The predicted octanol–water partition coefficient (Wildman–Crippen LogP) is -0.0616. The minimum Gasteiger partial charge on any atom is -0.346 e. The first-order valence-electron chi connectivity index (χ1n) is 7.79. The van der Waals surface area contributed by atoms with Gasteiger partial charge in [-0.2, -0.15) is 0 Å². The SMILES string of the molecule is CCn1c(=O)c2c(C)c(CN3CCNC(=O)C3=O)sc2n(CF)c1=O. The summed E-state index contributed by atoms with van der Waals surface area (Å²) in [6.45, 7) is 3.30. The number of hydrogen-bond donors (Lipinski definition) is 1. The summed E-state index contributed by atoms with van der Waals surface area (Å²) in [7, 11) is 0. The number of piperazine rings is 1. The molecule has 8 nitrogen and oxygen atoms in total. The Kier molecular flexibility index (Phi) is 4.46. The normalized spacial score (nSPS) is 15.1. The first-order chi connectivity index (χ1) is 11.9. The monoisotopic (exact) mass is 368 g/mol. The van der Waals surface area contributed by atoms with E-state index < -0.39 is 29.9 Å². The zero-order chi connectivity index (χ0) is 18.3. The lowest BCUT2D eigenvalue weighted by Gasteiger charge is -2.26. The van der Waals surface area contributed by atoms with Crippen LogP contribution >= 0.6 is 11.3 Å². The minimum atomic E-state index is -1.04. The van der Waals surface area contributed by atoms with E-state index in [2.05, 4.69) is 5.32 Å². The van der Waals surface area contributed by atoms with Crippen LogP contribution in [0.5, 0.6) is 0 Å². The summed E-state index contributed by atoms with van der Waals surface area (Å²) in [5, 5.41) is 2.75. The number of thiophene rings is 1. The third-order valence-electron chi connectivity index (χ3n) is 4.31. The van der Waals surface area contributed by atoms with Crippen LogP contribution in [0, 0.1) is 6.92 Å². The van der Waals surface area contributed by atoms with E-state index in [-0.39, 0.29) is 23.3 Å². The number of carbonyl (C=O) groups excluding carboxylic acids is 2. The van der Waals surface area contributed by atoms with Gasteiger partial charge < -0.3 is 10.2 Å². The Hall–Kier alpha value is -2.49. The van der Waals surface area contributed by atoms with Crippen molar-refractivity contribution in [3.05, 3.63) is 31.3 Å². The molecule has 2 amide bonds. The summed E-state index contributed by atoms with van der Waals surface area (Å²) in [5.74, 6) is -1.31. The van der Waals surface area contributed by atoms with E-state index in [1.807, 2.05) is 0 Å². The second kappa shape index (κ2) is 6.43. The van der Waals surface area contributed by atoms with Crippen LogP contribution in [-0.2, 0) is 29.5 Å². The number of rotatable bonds is 4. The van der Waals surface area contributed by atoms with Crippen molar-refractivity contribution >= 4 is 33.4 Å². The number of carbonyl (C=O) groups is 2. The van der Waals surface area contributed by atoms with Crippen LogP contribution in [0.25, 0.3) is 10.2 Å². The van der Waals surface area contributed by atoms with Gasteiger partial charge >= 0.3 is 17.5 Å². The highest BCUT2D eigenvalue weighted by molar-refractivity contribution is 7.18. The third kappa shape index (κ3) is 2.66. The molecule has 1 N–H and O–H groups in total. The number of fused-ring (bicyclic) bond motifs is 1. The van der Waals surface area contributed by atoms with E-state index in [1.54, 1.807) is 13.8 Å². The lowest BCUT2D eigenvalue weighted by atomic mass is 10.2. The molecule has 0 aromatic carbocycles. The Balaban J connectivity index is 2.15. The van der Waals surface area contributed by atoms with Crippen LogP contribution in [0.1, 0.15) is 17.4 Å². The van der Waals surface area contributed by atoms with Gasteiger partial charge in [-0.15, -0.1) is 11.3 Å². The fraction of sp³-hybridized carbons (Fsp3) is 0.467. The molecule has 0 bridgehead atoms. The van der Waals surface area contributed by atoms with Crippen LogP contribution in [0.15, 0.2) is 9.59 Å². The van der Waals surface area contributed by atoms with Crippen LogP contribution in [0.2, 0.25) is 0 Å². The minimum absolute atomic E-state index is 0.142. The number of nitrogens with one attached hydrogen (secondary N) is 1. The van der Waals surface area contributed by atoms with Crippen molar-refractivity contribution in [3.63, 3.8) is 0 Å². The molecule has 0 saturated carbocycles. The number of halogens is 1. The van der Waals surface area contributed by atoms with Gasteiger partial charge in [-0.05, 0) is 19.4 Å². The van der Waals surface area contributed by atoms with Crippen LogP contribution in [0.4, 0.5) is 4.39 Å². The summed E-state index contributed by atoms with van der Waals surface area (Å²) in [6.07, 6.45) is 0. The lowest BCUT2D eigenvalue weighted by Crippen LogP contribution is -2.51. The Morgan fingerprint density at radius 3 is 2.56 bits per heavy atom. The highest BCUT2D eigenvalue weighted by Crippen LogP contribution is 2.29. The molecule has 1 saturated heterocycles. The smallest absolute Gasteiger partial charge is 0.334 e. The van der Waals surface area contributed by atoms with E-state index in [9.17, 15) is 23.6 Å². The summed E-state index contributed by atoms with van der Waals surface area (Å²) in [6, 6.07) is 0. The maximum Gasteiger partial charge on any atom is 0.334 e. The molecule has 134 valence electrons. The first-order valence-corrected chi connectivity index (χ1v) is 8.61. The van der Waals surface area contributed by atoms with Gasteiger partial charge in [-0.3, -0.25) is 23.5 Å². The van der Waals surface area contributed by atoms with E-state index in [1.165, 1.54) is 4.90 Å². The number of aromatic nitrogens is 2. The van der Waals surface area contributed by atoms with Gasteiger partial charge in [-0.25, -0.2) is 9.18 Å². The Labute approximate surface area is 145 Å². The summed E-state index contributed by atoms with van der Waals surface area (Å²) >= 11 is 1.10. The molecular formula is C15H17FN4O4S. The van der Waals surface area contributed by atoms with Crippen molar-refractivity contribution in [1.82, 2.24) is 19.4 Å². The highest BCUT2D eigenvalue weighted by Gasteiger charge is 2.28. The van der Waals surface area contributed by atoms with Crippen molar-refractivity contribution in [3.8, 4) is 0 Å². The lowest BCUT2D eigenvalue weighted by molar-refractivity contribution is -0.148. The molecule has 2 aromatic heterocycles. The highest BCUT2D eigenvalue weighted by atomic mass is 32.1. The van der Waals surface area contributed by atoms with E-state index >= 15 is 0 Å². The van der Waals surface area contributed by atoms with E-state index in [0.29, 0.717) is 23.5 Å². The fourth-order valence-electron chi connectivity index (χ4n) is 2.92. The van der Waals surface area contributed by atoms with Crippen LogP contribution < -0.4 is 16.6 Å². The first kappa shape index (κ1) is 17.3. The maximum atomic E-state index is 13.4. The van der Waals surface area contributed by atoms with Gasteiger partial charge in [0.2, 0.25) is 0 Å². The molecule has 0 aliphatic carbocycles. The Bertz CT molecular complexity index is 990. The van der Waals surface area contributed by atoms with Crippen molar-refractivity contribution < 1.29 is 14.0 Å². The average molecular weight is 368 g/mol. The summed E-state index contributed by atoms with van der Waals surface area (Å²) < 4.78 is 15.3. The van der Waals surface area contributed by atoms with Gasteiger partial charge in [0.1, 0.15) is 4.83 Å². The van der Waals surface area contributed by atoms with Crippen LogP contribution in [-0.4, -0.2) is 38.9 Å². The number of hydrogen-bond acceptors (Lipinski definition) is 5. The summed E-state index contributed by atoms with van der Waals surface area (Å²) in [4.78, 5) is 50.5. The number of alkyl halides is 1. The average Bonchev–Trinajstić information content (AvgIpc) is 2.89. The van der Waals surface area contributed by atoms with Crippen LogP contribution in [0.3, 0.4) is 0 Å². The molecule has 0 spiro atoms. The second-order valence-electron chi connectivity index (χ2n) is 5.69. The molecule has 10 heteroatoms. The fourth-order valence-corrected chi connectivity index (χ4v) is 4.21. The van der Waals surface area contributed by atoms with Gasteiger partial charge in [0.25, 0.3) is 5.56 Å². The predicted molar refractivity (Wildman–Crippen MR) is 90.3 cm³/mol. The maximum absolute atomic E-state index is 13.4. The van der Waals surface area contributed by atoms with Crippen molar-refractivity contribution in [1.29, 1.82) is 0 Å². The largest absolute Gasteiger partial charge is 0.346 e. The molecule has 0 atom stereocenters. The molecule has 3 heterocycles. The van der Waals surface area contributed by atoms with Gasteiger partial charge in [0.15, 0.2) is 6.80 Å². The Morgan fingerprint density at radius 2 is 1.92 bits per heavy atom. The Morgan fingerprint density at radius 1 is 1.20 bits per heavy atom. The number of amides is 2. The van der Waals surface area contributed by atoms with Crippen molar-refractivity contribution in [2.75, 3.05) is 13.1 Å². The molecule has 0 radical (unpaired) electrons. The van der Waals surface area contributed by atoms with Crippen molar-refractivity contribution in [2.24, 2.45) is 0 Å². The molecule has 1 fully saturated rings.